The van der Waals surface area contributed by atoms with E-state index in [4.69, 9.17) is 4.74 Å². The average Bonchev–Trinajstić information content (AvgIpc) is 2.42. The summed E-state index contributed by atoms with van der Waals surface area (Å²) in [6.07, 6.45) is 1.96. The van der Waals surface area contributed by atoms with E-state index in [0.717, 1.165) is 25.9 Å². The molecular weight excluding hydrogens is 250 g/mol. The van der Waals surface area contributed by atoms with Crippen molar-refractivity contribution < 1.29 is 9.53 Å². The Hall–Kier alpha value is -1.35. The molecule has 0 bridgehead atoms. The zero-order valence-corrected chi connectivity index (χ0v) is 12.8. The van der Waals surface area contributed by atoms with Crippen molar-refractivity contribution >= 4 is 5.97 Å². The van der Waals surface area contributed by atoms with E-state index in [0.29, 0.717) is 6.61 Å². The van der Waals surface area contributed by atoms with Crippen LogP contribution in [0.5, 0.6) is 0 Å². The number of ether oxygens (including phenoxy) is 1. The molecule has 0 aromatic heterocycles. The van der Waals surface area contributed by atoms with Gasteiger partial charge in [0.05, 0.1) is 12.5 Å². The van der Waals surface area contributed by atoms with E-state index >= 15 is 0 Å². The molecule has 1 atom stereocenters. The lowest BCUT2D eigenvalue weighted by Crippen LogP contribution is -2.51. The number of esters is 1. The van der Waals surface area contributed by atoms with Gasteiger partial charge in [-0.2, -0.15) is 0 Å². The Labute approximate surface area is 121 Å². The molecule has 0 amide bonds. The summed E-state index contributed by atoms with van der Waals surface area (Å²) >= 11 is 0. The second-order valence-electron chi connectivity index (χ2n) is 6.17. The zero-order chi connectivity index (χ0) is 14.6. The minimum Gasteiger partial charge on any atom is -0.466 e. The highest BCUT2D eigenvalue weighted by atomic mass is 16.5. The second kappa shape index (κ2) is 6.40. The van der Waals surface area contributed by atoms with Gasteiger partial charge in [0, 0.05) is 18.6 Å². The molecule has 2 rings (SSSR count). The molecule has 3 heteroatoms. The summed E-state index contributed by atoms with van der Waals surface area (Å²) in [4.78, 5) is 14.4. The van der Waals surface area contributed by atoms with Crippen molar-refractivity contribution in [2.24, 2.45) is 5.92 Å². The van der Waals surface area contributed by atoms with E-state index in [-0.39, 0.29) is 17.4 Å². The van der Waals surface area contributed by atoms with Crippen molar-refractivity contribution in [1.29, 1.82) is 0 Å². The Morgan fingerprint density at radius 3 is 2.70 bits per heavy atom. The number of nitrogens with zero attached hydrogens (tertiary/aromatic N) is 1. The standard InChI is InChI=1S/C17H25NO2/c1-4-20-16(19)15-10-11-17(2,3)18(13-15)12-14-8-6-5-7-9-14/h5-9,15H,4,10-13H2,1-3H3/t15-/m1/s1. The first kappa shape index (κ1) is 15.0. The molecule has 0 aliphatic carbocycles. The quantitative estimate of drug-likeness (QED) is 0.790. The van der Waals surface area contributed by atoms with Crippen molar-refractivity contribution in [1.82, 2.24) is 4.90 Å². The summed E-state index contributed by atoms with van der Waals surface area (Å²) in [5.74, 6) is -0.0206. The van der Waals surface area contributed by atoms with Gasteiger partial charge >= 0.3 is 5.97 Å². The van der Waals surface area contributed by atoms with Gasteiger partial charge in [0.15, 0.2) is 0 Å². The topological polar surface area (TPSA) is 29.5 Å². The molecule has 1 saturated heterocycles. The first-order valence-electron chi connectivity index (χ1n) is 7.48. The van der Waals surface area contributed by atoms with Crippen molar-refractivity contribution in [3.8, 4) is 0 Å². The van der Waals surface area contributed by atoms with E-state index in [9.17, 15) is 4.79 Å². The van der Waals surface area contributed by atoms with E-state index in [2.05, 4.69) is 43.0 Å². The minimum atomic E-state index is -0.0407. The van der Waals surface area contributed by atoms with Gasteiger partial charge in [0.25, 0.3) is 0 Å². The number of carbonyl (C=O) groups excluding carboxylic acids is 1. The van der Waals surface area contributed by atoms with Crippen LogP contribution in [0.15, 0.2) is 30.3 Å². The van der Waals surface area contributed by atoms with Gasteiger partial charge in [0.2, 0.25) is 0 Å². The Bertz CT molecular complexity index is 442. The van der Waals surface area contributed by atoms with E-state index < -0.39 is 0 Å². The molecule has 1 aliphatic rings. The van der Waals surface area contributed by atoms with Gasteiger partial charge in [-0.3, -0.25) is 9.69 Å². The Morgan fingerprint density at radius 2 is 2.05 bits per heavy atom. The summed E-state index contributed by atoms with van der Waals surface area (Å²) in [6, 6.07) is 10.4. The minimum absolute atomic E-state index is 0.0201. The van der Waals surface area contributed by atoms with Gasteiger partial charge < -0.3 is 4.74 Å². The lowest BCUT2D eigenvalue weighted by atomic mass is 9.84. The number of piperidine rings is 1. The maximum absolute atomic E-state index is 12.0. The highest BCUT2D eigenvalue weighted by molar-refractivity contribution is 5.72. The van der Waals surface area contributed by atoms with Crippen molar-refractivity contribution in [3.05, 3.63) is 35.9 Å². The molecule has 0 unspecified atom stereocenters. The first-order chi connectivity index (χ1) is 9.53. The van der Waals surface area contributed by atoms with E-state index in [1.165, 1.54) is 5.56 Å². The van der Waals surface area contributed by atoms with Crippen LogP contribution < -0.4 is 0 Å². The predicted octanol–water partition coefficient (Wildman–Crippen LogP) is 3.24. The highest BCUT2D eigenvalue weighted by Crippen LogP contribution is 2.32. The van der Waals surface area contributed by atoms with Crippen LogP contribution in [-0.2, 0) is 16.1 Å². The van der Waals surface area contributed by atoms with E-state index in [1.54, 1.807) is 0 Å². The van der Waals surface area contributed by atoms with Crippen LogP contribution in [0, 0.1) is 5.92 Å². The first-order valence-corrected chi connectivity index (χ1v) is 7.48. The maximum Gasteiger partial charge on any atom is 0.310 e. The molecule has 0 radical (unpaired) electrons. The fourth-order valence-corrected chi connectivity index (χ4v) is 2.82. The molecule has 110 valence electrons. The molecule has 0 spiro atoms. The third-order valence-corrected chi connectivity index (χ3v) is 4.24. The Morgan fingerprint density at radius 1 is 1.35 bits per heavy atom. The predicted molar refractivity (Wildman–Crippen MR) is 80.3 cm³/mol. The van der Waals surface area contributed by atoms with Crippen LogP contribution in [0.4, 0.5) is 0 Å². The Balaban J connectivity index is 2.05. The highest BCUT2D eigenvalue weighted by Gasteiger charge is 2.37. The van der Waals surface area contributed by atoms with Crippen molar-refractivity contribution in [2.75, 3.05) is 13.2 Å². The molecule has 3 nitrogen and oxygen atoms in total. The monoisotopic (exact) mass is 275 g/mol. The summed E-state index contributed by atoms with van der Waals surface area (Å²) in [7, 11) is 0. The summed E-state index contributed by atoms with van der Waals surface area (Å²) < 4.78 is 5.18. The van der Waals surface area contributed by atoms with Gasteiger partial charge in [-0.25, -0.2) is 0 Å². The fraction of sp³-hybridized carbons (Fsp3) is 0.588. The molecule has 1 aliphatic heterocycles. The lowest BCUT2D eigenvalue weighted by molar-refractivity contribution is -0.151. The van der Waals surface area contributed by atoms with Crippen LogP contribution in [0.1, 0.15) is 39.2 Å². The number of hydrogen-bond donors (Lipinski definition) is 0. The smallest absolute Gasteiger partial charge is 0.310 e. The van der Waals surface area contributed by atoms with Crippen LogP contribution in [-0.4, -0.2) is 29.6 Å². The zero-order valence-electron chi connectivity index (χ0n) is 12.8. The van der Waals surface area contributed by atoms with Crippen LogP contribution in [0.25, 0.3) is 0 Å². The van der Waals surface area contributed by atoms with Crippen LogP contribution in [0.3, 0.4) is 0 Å². The summed E-state index contributed by atoms with van der Waals surface area (Å²) in [5.41, 5.74) is 1.43. The van der Waals surface area contributed by atoms with E-state index in [1.807, 2.05) is 13.0 Å². The SMILES string of the molecule is CCOC(=O)[C@@H]1CCC(C)(C)N(Cc2ccccc2)C1. The molecule has 1 heterocycles. The van der Waals surface area contributed by atoms with Gasteiger partial charge in [-0.15, -0.1) is 0 Å². The molecule has 1 fully saturated rings. The Kier molecular flexibility index (Phi) is 4.81. The third-order valence-electron chi connectivity index (χ3n) is 4.24. The van der Waals surface area contributed by atoms with Crippen LogP contribution in [0.2, 0.25) is 0 Å². The average molecular weight is 275 g/mol. The lowest BCUT2D eigenvalue weighted by Gasteiger charge is -2.45. The molecule has 1 aromatic rings. The molecule has 1 aromatic carbocycles. The molecule has 20 heavy (non-hydrogen) atoms. The van der Waals surface area contributed by atoms with Crippen molar-refractivity contribution in [3.63, 3.8) is 0 Å². The number of benzene rings is 1. The van der Waals surface area contributed by atoms with Gasteiger partial charge in [0.1, 0.15) is 0 Å². The largest absolute Gasteiger partial charge is 0.466 e. The van der Waals surface area contributed by atoms with Crippen molar-refractivity contribution in [2.45, 2.75) is 45.7 Å². The maximum atomic E-state index is 12.0. The number of carbonyl (C=O) groups is 1. The normalized spacial score (nSPS) is 22.4. The molecule has 0 N–H and O–H groups in total. The molecular formula is C17H25NO2. The fourth-order valence-electron chi connectivity index (χ4n) is 2.82. The van der Waals surface area contributed by atoms with Gasteiger partial charge in [-0.05, 0) is 39.2 Å². The molecule has 0 saturated carbocycles. The van der Waals surface area contributed by atoms with Gasteiger partial charge in [-0.1, -0.05) is 30.3 Å². The summed E-state index contributed by atoms with van der Waals surface area (Å²) in [5, 5.41) is 0. The number of likely N-dealkylation sites (tertiary alicyclic amines) is 1. The number of rotatable bonds is 4. The summed E-state index contributed by atoms with van der Waals surface area (Å²) in [6.45, 7) is 8.54. The van der Waals surface area contributed by atoms with Crippen LogP contribution >= 0.6 is 0 Å². The second-order valence-corrected chi connectivity index (χ2v) is 6.17. The third kappa shape index (κ3) is 3.60. The number of hydrogen-bond acceptors (Lipinski definition) is 3.